The van der Waals surface area contributed by atoms with E-state index in [9.17, 15) is 23.2 Å². The number of carbonyl (C=O) groups excluding carboxylic acids is 3. The number of carbonyl (C=O) groups is 3. The fourth-order valence-electron chi connectivity index (χ4n) is 4.56. The zero-order chi connectivity index (χ0) is 31.6. The van der Waals surface area contributed by atoms with E-state index in [-0.39, 0.29) is 71.9 Å². The molecule has 0 bridgehead atoms. The molecule has 0 atom stereocenters. The van der Waals surface area contributed by atoms with Crippen molar-refractivity contribution in [3.8, 4) is 17.0 Å². The van der Waals surface area contributed by atoms with Crippen molar-refractivity contribution in [2.75, 3.05) is 31.5 Å². The maximum absolute atomic E-state index is 13.3. The molecule has 4 heterocycles. The van der Waals surface area contributed by atoms with Crippen molar-refractivity contribution in [2.24, 2.45) is 0 Å². The molecule has 3 aromatic heterocycles. The summed E-state index contributed by atoms with van der Waals surface area (Å²) in [5, 5.41) is 11.5. The summed E-state index contributed by atoms with van der Waals surface area (Å²) >= 11 is 6.19. The van der Waals surface area contributed by atoms with Gasteiger partial charge < -0.3 is 24.6 Å². The minimum atomic E-state index is -3.14. The van der Waals surface area contributed by atoms with Crippen LogP contribution in [0.3, 0.4) is 0 Å². The van der Waals surface area contributed by atoms with Crippen LogP contribution in [0.2, 0.25) is 5.02 Å². The molecule has 1 aliphatic rings. The largest absolute Gasteiger partial charge is 0.444 e. The Morgan fingerprint density at radius 1 is 1.11 bits per heavy atom. The first-order valence-electron chi connectivity index (χ1n) is 13.6. The predicted octanol–water partition coefficient (Wildman–Crippen LogP) is 4.18. The second-order valence-corrected chi connectivity index (χ2v) is 11.3. The molecule has 4 aromatic rings. The minimum absolute atomic E-state index is 0.0449. The van der Waals surface area contributed by atoms with Crippen molar-refractivity contribution < 1.29 is 32.6 Å². The lowest BCUT2D eigenvalue weighted by molar-refractivity contribution is -0.133. The molecule has 0 unspecified atom stereocenters. The van der Waals surface area contributed by atoms with Gasteiger partial charge in [0.2, 0.25) is 5.91 Å². The van der Waals surface area contributed by atoms with E-state index in [1.807, 2.05) is 0 Å². The third-order valence-corrected chi connectivity index (χ3v) is 6.76. The van der Waals surface area contributed by atoms with Gasteiger partial charge in [-0.3, -0.25) is 14.3 Å². The van der Waals surface area contributed by atoms with Gasteiger partial charge in [-0.25, -0.2) is 14.3 Å². The van der Waals surface area contributed by atoms with Crippen molar-refractivity contribution in [2.45, 2.75) is 39.5 Å². The van der Waals surface area contributed by atoms with Crippen LogP contribution < -0.4 is 10.1 Å². The standard InChI is InChI=1S/C28H29ClF2N8O5/c1-28(2,3)44-27(42)37-11-9-36(10-12-37)22(40)16-38-15-20(34-25(41)19-14-33-39-8-4-7-32-24(19)39)23(35-38)18-13-17(29)5-6-21(18)43-26(30)31/h4-8,13-15,26H,9-12,16H2,1-3H3,(H,34,41). The minimum Gasteiger partial charge on any atom is -0.444 e. The van der Waals surface area contributed by atoms with Gasteiger partial charge in [0.15, 0.2) is 5.65 Å². The Balaban J connectivity index is 1.39. The van der Waals surface area contributed by atoms with Crippen LogP contribution in [0.4, 0.5) is 19.3 Å². The lowest BCUT2D eigenvalue weighted by Crippen LogP contribution is -2.52. The Morgan fingerprint density at radius 3 is 2.55 bits per heavy atom. The average Bonchev–Trinajstić information content (AvgIpc) is 3.57. The SMILES string of the molecule is CC(C)(C)OC(=O)N1CCN(C(=O)Cn2cc(NC(=O)c3cnn4cccnc34)c(-c3cc(Cl)ccc3OC(F)F)n2)CC1. The number of rotatable bonds is 7. The molecular formula is C28H29ClF2N8O5. The first-order valence-corrected chi connectivity index (χ1v) is 13.9. The number of ether oxygens (including phenoxy) is 2. The summed E-state index contributed by atoms with van der Waals surface area (Å²) in [6.45, 7) is 3.09. The number of piperazine rings is 1. The molecule has 44 heavy (non-hydrogen) atoms. The highest BCUT2D eigenvalue weighted by molar-refractivity contribution is 6.31. The van der Waals surface area contributed by atoms with Crippen LogP contribution in [0.15, 0.2) is 49.1 Å². The van der Waals surface area contributed by atoms with E-state index in [1.54, 1.807) is 37.9 Å². The van der Waals surface area contributed by atoms with Gasteiger partial charge in [-0.2, -0.15) is 19.0 Å². The lowest BCUT2D eigenvalue weighted by Gasteiger charge is -2.35. The van der Waals surface area contributed by atoms with Gasteiger partial charge in [0.1, 0.15) is 29.2 Å². The molecule has 0 radical (unpaired) electrons. The summed E-state index contributed by atoms with van der Waals surface area (Å²) in [6, 6.07) is 5.67. The molecule has 232 valence electrons. The zero-order valence-electron chi connectivity index (χ0n) is 24.0. The number of alkyl halides is 2. The van der Waals surface area contributed by atoms with Crippen LogP contribution >= 0.6 is 11.6 Å². The number of amides is 3. The highest BCUT2D eigenvalue weighted by Crippen LogP contribution is 2.37. The number of anilines is 1. The topological polar surface area (TPSA) is 136 Å². The van der Waals surface area contributed by atoms with Crippen molar-refractivity contribution in [1.82, 2.24) is 34.2 Å². The summed E-state index contributed by atoms with van der Waals surface area (Å²) in [7, 11) is 0. The Labute approximate surface area is 255 Å². The monoisotopic (exact) mass is 630 g/mol. The molecule has 1 N–H and O–H groups in total. The maximum Gasteiger partial charge on any atom is 0.410 e. The van der Waals surface area contributed by atoms with E-state index in [4.69, 9.17) is 21.1 Å². The number of nitrogens with one attached hydrogen (secondary N) is 1. The average molecular weight is 631 g/mol. The molecule has 1 saturated heterocycles. The molecule has 16 heteroatoms. The van der Waals surface area contributed by atoms with Gasteiger partial charge in [-0.05, 0) is 45.0 Å². The van der Waals surface area contributed by atoms with Gasteiger partial charge in [-0.1, -0.05) is 11.6 Å². The number of hydrogen-bond acceptors (Lipinski definition) is 8. The quantitative estimate of drug-likeness (QED) is 0.321. The third-order valence-electron chi connectivity index (χ3n) is 6.53. The summed E-state index contributed by atoms with van der Waals surface area (Å²) in [5.41, 5.74) is 0.0309. The molecule has 13 nitrogen and oxygen atoms in total. The van der Waals surface area contributed by atoms with Crippen LogP contribution in [0.1, 0.15) is 31.1 Å². The second-order valence-electron chi connectivity index (χ2n) is 10.9. The molecule has 1 fully saturated rings. The highest BCUT2D eigenvalue weighted by atomic mass is 35.5. The van der Waals surface area contributed by atoms with Crippen molar-refractivity contribution in [1.29, 1.82) is 0 Å². The Morgan fingerprint density at radius 2 is 1.84 bits per heavy atom. The molecule has 1 aliphatic heterocycles. The Kier molecular flexibility index (Phi) is 8.67. The smallest absolute Gasteiger partial charge is 0.410 e. The van der Waals surface area contributed by atoms with Crippen LogP contribution in [0, 0.1) is 0 Å². The first kappa shape index (κ1) is 30.7. The normalized spacial score (nSPS) is 13.8. The molecule has 3 amide bonds. The third kappa shape index (κ3) is 7.05. The van der Waals surface area contributed by atoms with Crippen LogP contribution in [0.5, 0.6) is 5.75 Å². The molecule has 0 spiro atoms. The van der Waals surface area contributed by atoms with Gasteiger partial charge >= 0.3 is 12.7 Å². The van der Waals surface area contributed by atoms with E-state index in [1.165, 1.54) is 50.9 Å². The van der Waals surface area contributed by atoms with Crippen molar-refractivity contribution >= 4 is 40.8 Å². The van der Waals surface area contributed by atoms with Gasteiger partial charge in [0, 0.05) is 55.4 Å². The maximum atomic E-state index is 13.3. The van der Waals surface area contributed by atoms with Crippen molar-refractivity contribution in [3.63, 3.8) is 0 Å². The fraction of sp³-hybridized carbons (Fsp3) is 0.357. The van der Waals surface area contributed by atoms with Crippen LogP contribution in [0.25, 0.3) is 16.9 Å². The van der Waals surface area contributed by atoms with Crippen LogP contribution in [-0.2, 0) is 16.1 Å². The van der Waals surface area contributed by atoms with Gasteiger partial charge in [0.25, 0.3) is 5.91 Å². The number of halogens is 3. The predicted molar refractivity (Wildman–Crippen MR) is 155 cm³/mol. The van der Waals surface area contributed by atoms with Gasteiger partial charge in [-0.15, -0.1) is 0 Å². The summed E-state index contributed by atoms with van der Waals surface area (Å²) in [6.07, 6.45) is 5.44. The summed E-state index contributed by atoms with van der Waals surface area (Å²) in [4.78, 5) is 46.2. The number of aromatic nitrogens is 5. The molecule has 0 aliphatic carbocycles. The zero-order valence-corrected chi connectivity index (χ0v) is 24.8. The second kappa shape index (κ2) is 12.4. The van der Waals surface area contributed by atoms with E-state index >= 15 is 0 Å². The molecule has 1 aromatic carbocycles. The fourth-order valence-corrected chi connectivity index (χ4v) is 4.73. The molecule has 5 rings (SSSR count). The van der Waals surface area contributed by atoms with Crippen molar-refractivity contribution in [3.05, 3.63) is 59.6 Å². The lowest BCUT2D eigenvalue weighted by atomic mass is 10.1. The van der Waals surface area contributed by atoms with E-state index in [0.717, 1.165) is 0 Å². The van der Waals surface area contributed by atoms with E-state index in [0.29, 0.717) is 5.65 Å². The van der Waals surface area contributed by atoms with Crippen LogP contribution in [-0.4, -0.2) is 90.5 Å². The number of fused-ring (bicyclic) bond motifs is 1. The van der Waals surface area contributed by atoms with E-state index < -0.39 is 24.2 Å². The number of benzene rings is 1. The first-order chi connectivity index (χ1) is 20.9. The Bertz CT molecular complexity index is 1690. The number of nitrogens with zero attached hydrogens (tertiary/aromatic N) is 7. The Hall–Kier alpha value is -4.79. The summed E-state index contributed by atoms with van der Waals surface area (Å²) < 4.78 is 39.3. The molecule has 0 saturated carbocycles. The van der Waals surface area contributed by atoms with E-state index in [2.05, 4.69) is 20.5 Å². The highest BCUT2D eigenvalue weighted by Gasteiger charge is 2.29. The molecular weight excluding hydrogens is 602 g/mol. The summed E-state index contributed by atoms with van der Waals surface area (Å²) in [5.74, 6) is -1.13. The number of hydrogen-bond donors (Lipinski definition) is 1. The van der Waals surface area contributed by atoms with Gasteiger partial charge in [0.05, 0.1) is 11.9 Å².